The monoisotopic (exact) mass is 272 g/mol. The van der Waals surface area contributed by atoms with Crippen LogP contribution in [0.4, 0.5) is 0 Å². The summed E-state index contributed by atoms with van der Waals surface area (Å²) in [6, 6.07) is 11.1. The molecule has 1 N–H and O–H groups in total. The average Bonchev–Trinajstić information content (AvgIpc) is 2.46. The minimum Gasteiger partial charge on any atom is -0.373 e. The van der Waals surface area contributed by atoms with Gasteiger partial charge in [-0.3, -0.25) is 5.32 Å². The van der Waals surface area contributed by atoms with E-state index in [0.29, 0.717) is 12.6 Å². The van der Waals surface area contributed by atoms with Crippen LogP contribution < -0.4 is 5.32 Å². The van der Waals surface area contributed by atoms with E-state index in [0.717, 1.165) is 19.3 Å². The van der Waals surface area contributed by atoms with Crippen molar-refractivity contribution >= 4 is 0 Å². The zero-order chi connectivity index (χ0) is 14.4. The molecule has 1 aromatic carbocycles. The lowest BCUT2D eigenvalue weighted by Crippen LogP contribution is -2.34. The topological polar surface area (TPSA) is 45.0 Å². The van der Waals surface area contributed by atoms with E-state index < -0.39 is 0 Å². The van der Waals surface area contributed by atoms with Crippen LogP contribution >= 0.6 is 0 Å². The van der Waals surface area contributed by atoms with E-state index in [-0.39, 0.29) is 12.1 Å². The maximum atomic E-state index is 9.10. The lowest BCUT2D eigenvalue weighted by atomic mass is 9.89. The zero-order valence-corrected chi connectivity index (χ0v) is 12.4. The standard InChI is InChI=1S/C17H24N2O/c1-13(2)19-15(12-18)10-11-20-17-9-5-7-14-6-3-4-8-16(14)17/h3-4,6,8,13,15,17,19H,5,7,9-11H2,1-2H3. The molecule has 2 rings (SSSR count). The number of ether oxygens (including phenoxy) is 1. The van der Waals surface area contributed by atoms with Gasteiger partial charge in [0.15, 0.2) is 0 Å². The van der Waals surface area contributed by atoms with E-state index in [1.54, 1.807) is 0 Å². The molecule has 3 nitrogen and oxygen atoms in total. The molecule has 3 heteroatoms. The summed E-state index contributed by atoms with van der Waals surface area (Å²) in [5, 5.41) is 12.3. The molecule has 0 spiro atoms. The quantitative estimate of drug-likeness (QED) is 0.863. The van der Waals surface area contributed by atoms with Crippen molar-refractivity contribution in [2.75, 3.05) is 6.61 Å². The molecular weight excluding hydrogens is 248 g/mol. The number of benzene rings is 1. The number of hydrogen-bond acceptors (Lipinski definition) is 3. The Kier molecular flexibility index (Phi) is 5.58. The Hall–Kier alpha value is -1.37. The Morgan fingerprint density at radius 3 is 2.95 bits per heavy atom. The second-order valence-corrected chi connectivity index (χ2v) is 5.74. The molecule has 20 heavy (non-hydrogen) atoms. The molecule has 0 saturated heterocycles. The number of aryl methyl sites for hydroxylation is 1. The minimum atomic E-state index is -0.117. The van der Waals surface area contributed by atoms with Gasteiger partial charge in [-0.2, -0.15) is 5.26 Å². The highest BCUT2D eigenvalue weighted by Crippen LogP contribution is 2.32. The van der Waals surface area contributed by atoms with Crippen molar-refractivity contribution in [2.24, 2.45) is 0 Å². The lowest BCUT2D eigenvalue weighted by Gasteiger charge is -2.26. The summed E-state index contributed by atoms with van der Waals surface area (Å²) in [5.74, 6) is 0. The largest absolute Gasteiger partial charge is 0.373 e. The summed E-state index contributed by atoms with van der Waals surface area (Å²) in [5.41, 5.74) is 2.75. The van der Waals surface area contributed by atoms with Gasteiger partial charge in [-0.15, -0.1) is 0 Å². The molecule has 108 valence electrons. The molecule has 1 aliphatic rings. The van der Waals surface area contributed by atoms with E-state index in [1.807, 2.05) is 0 Å². The van der Waals surface area contributed by atoms with Crippen molar-refractivity contribution in [1.29, 1.82) is 5.26 Å². The van der Waals surface area contributed by atoms with Gasteiger partial charge in [0.25, 0.3) is 0 Å². The van der Waals surface area contributed by atoms with Crippen LogP contribution in [0.1, 0.15) is 50.3 Å². The van der Waals surface area contributed by atoms with Crippen molar-refractivity contribution in [1.82, 2.24) is 5.32 Å². The second-order valence-electron chi connectivity index (χ2n) is 5.74. The molecular formula is C17H24N2O. The van der Waals surface area contributed by atoms with E-state index in [2.05, 4.69) is 49.5 Å². The third-order valence-electron chi connectivity index (χ3n) is 3.73. The van der Waals surface area contributed by atoms with E-state index in [1.165, 1.54) is 17.5 Å². The highest BCUT2D eigenvalue weighted by Gasteiger charge is 2.20. The fraction of sp³-hybridized carbons (Fsp3) is 0.588. The van der Waals surface area contributed by atoms with E-state index >= 15 is 0 Å². The van der Waals surface area contributed by atoms with Gasteiger partial charge in [0.1, 0.15) is 0 Å². The lowest BCUT2D eigenvalue weighted by molar-refractivity contribution is 0.0369. The van der Waals surface area contributed by atoms with Crippen LogP contribution in [0.5, 0.6) is 0 Å². The van der Waals surface area contributed by atoms with Crippen LogP contribution in [0.3, 0.4) is 0 Å². The minimum absolute atomic E-state index is 0.117. The van der Waals surface area contributed by atoms with Gasteiger partial charge in [-0.1, -0.05) is 24.3 Å². The number of nitrogens with one attached hydrogen (secondary N) is 1. The van der Waals surface area contributed by atoms with Crippen molar-refractivity contribution < 1.29 is 4.74 Å². The summed E-state index contributed by atoms with van der Waals surface area (Å²) < 4.78 is 6.03. The summed E-state index contributed by atoms with van der Waals surface area (Å²) in [4.78, 5) is 0. The van der Waals surface area contributed by atoms with Gasteiger partial charge < -0.3 is 4.74 Å². The SMILES string of the molecule is CC(C)NC(C#N)CCOC1CCCc2ccccc21. The smallest absolute Gasteiger partial charge is 0.0976 e. The fourth-order valence-electron chi connectivity index (χ4n) is 2.80. The van der Waals surface area contributed by atoms with Crippen molar-refractivity contribution in [3.05, 3.63) is 35.4 Å². The summed E-state index contributed by atoms with van der Waals surface area (Å²) in [7, 11) is 0. The number of hydrogen-bond donors (Lipinski definition) is 1. The maximum Gasteiger partial charge on any atom is 0.0976 e. The Bertz CT molecular complexity index is 464. The van der Waals surface area contributed by atoms with Crippen molar-refractivity contribution in [2.45, 2.75) is 57.7 Å². The van der Waals surface area contributed by atoms with Crippen LogP contribution in [0.25, 0.3) is 0 Å². The van der Waals surface area contributed by atoms with Gasteiger partial charge in [0.05, 0.1) is 18.2 Å². The molecule has 0 fully saturated rings. The molecule has 2 atom stereocenters. The number of rotatable bonds is 6. The van der Waals surface area contributed by atoms with E-state index in [9.17, 15) is 0 Å². The molecule has 0 radical (unpaired) electrons. The molecule has 0 saturated carbocycles. The first-order valence-corrected chi connectivity index (χ1v) is 7.55. The molecule has 0 heterocycles. The Morgan fingerprint density at radius 2 is 2.20 bits per heavy atom. The van der Waals surface area contributed by atoms with Crippen LogP contribution in [-0.2, 0) is 11.2 Å². The van der Waals surface area contributed by atoms with Gasteiger partial charge in [-0.25, -0.2) is 0 Å². The number of nitriles is 1. The van der Waals surface area contributed by atoms with Gasteiger partial charge >= 0.3 is 0 Å². The van der Waals surface area contributed by atoms with E-state index in [4.69, 9.17) is 10.00 Å². The molecule has 2 unspecified atom stereocenters. The van der Waals surface area contributed by atoms with Crippen LogP contribution in [0.15, 0.2) is 24.3 Å². The molecule has 0 aromatic heterocycles. The first kappa shape index (κ1) is 15.0. The van der Waals surface area contributed by atoms with Crippen LogP contribution in [0, 0.1) is 11.3 Å². The Morgan fingerprint density at radius 1 is 1.40 bits per heavy atom. The summed E-state index contributed by atoms with van der Waals surface area (Å²) in [6.07, 6.45) is 4.39. The third-order valence-corrected chi connectivity index (χ3v) is 3.73. The fourth-order valence-corrected chi connectivity index (χ4v) is 2.80. The Labute approximate surface area is 121 Å². The molecule has 1 aliphatic carbocycles. The van der Waals surface area contributed by atoms with Crippen molar-refractivity contribution in [3.63, 3.8) is 0 Å². The van der Waals surface area contributed by atoms with Crippen LogP contribution in [-0.4, -0.2) is 18.7 Å². The molecule has 1 aromatic rings. The molecule has 0 bridgehead atoms. The zero-order valence-electron chi connectivity index (χ0n) is 12.4. The highest BCUT2D eigenvalue weighted by molar-refractivity contribution is 5.31. The van der Waals surface area contributed by atoms with Crippen LogP contribution in [0.2, 0.25) is 0 Å². The average molecular weight is 272 g/mol. The first-order chi connectivity index (χ1) is 9.70. The summed E-state index contributed by atoms with van der Waals surface area (Å²) in [6.45, 7) is 4.75. The normalized spacial score (nSPS) is 19.4. The number of nitrogens with zero attached hydrogens (tertiary/aromatic N) is 1. The van der Waals surface area contributed by atoms with Gasteiger partial charge in [-0.05, 0) is 50.7 Å². The second kappa shape index (κ2) is 7.42. The summed E-state index contributed by atoms with van der Waals surface area (Å²) >= 11 is 0. The van der Waals surface area contributed by atoms with Gasteiger partial charge in [0, 0.05) is 12.6 Å². The highest BCUT2D eigenvalue weighted by atomic mass is 16.5. The third kappa shape index (κ3) is 4.06. The number of fused-ring (bicyclic) bond motifs is 1. The first-order valence-electron chi connectivity index (χ1n) is 7.55. The molecule has 0 aliphatic heterocycles. The Balaban J connectivity index is 1.85. The van der Waals surface area contributed by atoms with Gasteiger partial charge in [0.2, 0.25) is 0 Å². The maximum absolute atomic E-state index is 9.10. The molecule has 0 amide bonds. The predicted molar refractivity (Wildman–Crippen MR) is 80.4 cm³/mol. The van der Waals surface area contributed by atoms with Crippen molar-refractivity contribution in [3.8, 4) is 6.07 Å². The predicted octanol–water partition coefficient (Wildman–Crippen LogP) is 3.36.